The van der Waals surface area contributed by atoms with Crippen molar-refractivity contribution in [2.45, 2.75) is 38.6 Å². The minimum absolute atomic E-state index is 0.208. The summed E-state index contributed by atoms with van der Waals surface area (Å²) in [6.07, 6.45) is 10.5. The van der Waals surface area contributed by atoms with E-state index in [1.807, 2.05) is 6.08 Å². The van der Waals surface area contributed by atoms with Gasteiger partial charge < -0.3 is 5.73 Å². The molecule has 0 fully saturated rings. The summed E-state index contributed by atoms with van der Waals surface area (Å²) in [4.78, 5) is 11.6. The lowest BCUT2D eigenvalue weighted by molar-refractivity contribution is -0.114. The highest BCUT2D eigenvalue weighted by Gasteiger charge is 2.44. The van der Waals surface area contributed by atoms with Crippen LogP contribution in [0.5, 0.6) is 0 Å². The summed E-state index contributed by atoms with van der Waals surface area (Å²) < 4.78 is 0. The van der Waals surface area contributed by atoms with Crippen molar-refractivity contribution in [3.05, 3.63) is 46.6 Å². The molecule has 0 saturated carbocycles. The van der Waals surface area contributed by atoms with E-state index in [-0.39, 0.29) is 11.3 Å². The van der Waals surface area contributed by atoms with E-state index in [0.29, 0.717) is 12.3 Å². The molecule has 18 heavy (non-hydrogen) atoms. The summed E-state index contributed by atoms with van der Waals surface area (Å²) in [5.41, 5.74) is 11.5. The van der Waals surface area contributed by atoms with Crippen molar-refractivity contribution in [1.29, 1.82) is 0 Å². The SMILES string of the molecule is CC=C1C2C=C(C)C[C@@]1(N)C1=C(CC(=O)C=C1)C2. The zero-order chi connectivity index (χ0) is 12.9. The van der Waals surface area contributed by atoms with Crippen LogP contribution in [-0.2, 0) is 4.79 Å². The van der Waals surface area contributed by atoms with Crippen molar-refractivity contribution in [1.82, 2.24) is 0 Å². The first-order valence-corrected chi connectivity index (χ1v) is 6.61. The summed E-state index contributed by atoms with van der Waals surface area (Å²) in [5.74, 6) is 0.604. The van der Waals surface area contributed by atoms with Crippen LogP contribution >= 0.6 is 0 Å². The quantitative estimate of drug-likeness (QED) is 0.663. The van der Waals surface area contributed by atoms with Gasteiger partial charge in [-0.2, -0.15) is 0 Å². The number of carbonyl (C=O) groups excluding carboxylic acids is 1. The fraction of sp³-hybridized carbons (Fsp3) is 0.438. The third-order valence-corrected chi connectivity index (χ3v) is 4.42. The van der Waals surface area contributed by atoms with Gasteiger partial charge in [-0.25, -0.2) is 0 Å². The van der Waals surface area contributed by atoms with Crippen LogP contribution in [0.2, 0.25) is 0 Å². The van der Waals surface area contributed by atoms with Crippen molar-refractivity contribution in [3.63, 3.8) is 0 Å². The van der Waals surface area contributed by atoms with Crippen LogP contribution in [0.3, 0.4) is 0 Å². The molecule has 2 N–H and O–H groups in total. The minimum atomic E-state index is -0.372. The smallest absolute Gasteiger partial charge is 0.159 e. The Balaban J connectivity index is 2.17. The van der Waals surface area contributed by atoms with Crippen LogP contribution in [0.25, 0.3) is 0 Å². The molecule has 94 valence electrons. The average molecular weight is 241 g/mol. The zero-order valence-corrected chi connectivity index (χ0v) is 11.0. The number of carbonyl (C=O) groups is 1. The van der Waals surface area contributed by atoms with Crippen LogP contribution in [0.4, 0.5) is 0 Å². The summed E-state index contributed by atoms with van der Waals surface area (Å²) in [5, 5.41) is 0. The maximum absolute atomic E-state index is 11.6. The molecule has 2 bridgehead atoms. The van der Waals surface area contributed by atoms with E-state index in [0.717, 1.165) is 12.8 Å². The molecule has 3 rings (SSSR count). The predicted octanol–water partition coefficient (Wildman–Crippen LogP) is 2.83. The number of hydrogen-bond donors (Lipinski definition) is 1. The lowest BCUT2D eigenvalue weighted by atomic mass is 9.61. The Kier molecular flexibility index (Phi) is 2.46. The molecule has 2 heteroatoms. The predicted molar refractivity (Wildman–Crippen MR) is 72.9 cm³/mol. The van der Waals surface area contributed by atoms with Gasteiger partial charge in [0.25, 0.3) is 0 Å². The summed E-state index contributed by atoms with van der Waals surface area (Å²) >= 11 is 0. The normalized spacial score (nSPS) is 36.8. The number of ketones is 1. The first-order valence-electron chi connectivity index (χ1n) is 6.61. The Bertz CT molecular complexity index is 547. The third-order valence-electron chi connectivity index (χ3n) is 4.42. The maximum Gasteiger partial charge on any atom is 0.159 e. The average Bonchev–Trinajstić information content (AvgIpc) is 2.26. The Morgan fingerprint density at radius 3 is 2.94 bits per heavy atom. The summed E-state index contributed by atoms with van der Waals surface area (Å²) in [7, 11) is 0. The molecule has 0 amide bonds. The monoisotopic (exact) mass is 241 g/mol. The largest absolute Gasteiger partial charge is 0.318 e. The van der Waals surface area contributed by atoms with Gasteiger partial charge in [0.05, 0.1) is 5.54 Å². The Morgan fingerprint density at radius 2 is 2.22 bits per heavy atom. The fourth-order valence-corrected chi connectivity index (χ4v) is 3.83. The number of nitrogens with two attached hydrogens (primary N) is 1. The highest BCUT2D eigenvalue weighted by Crippen LogP contribution is 2.49. The highest BCUT2D eigenvalue weighted by atomic mass is 16.1. The van der Waals surface area contributed by atoms with Crippen LogP contribution in [0.1, 0.15) is 33.1 Å². The van der Waals surface area contributed by atoms with Gasteiger partial charge in [0.2, 0.25) is 0 Å². The molecule has 0 aliphatic heterocycles. The number of allylic oxidation sites excluding steroid dienone is 4. The lowest BCUT2D eigenvalue weighted by Gasteiger charge is -2.47. The third kappa shape index (κ3) is 1.49. The first-order chi connectivity index (χ1) is 8.54. The van der Waals surface area contributed by atoms with E-state index < -0.39 is 0 Å². The standard InChI is InChI=1S/C16H19NO/c1-3-14-11-6-10(2)9-16(14,17)15-5-4-13(18)8-12(15)7-11/h3-6,11H,7-9,17H2,1-2H3/t11?,16-/m0/s1. The molecule has 2 atom stereocenters. The Labute approximate surface area is 108 Å². The van der Waals surface area contributed by atoms with Crippen molar-refractivity contribution < 1.29 is 4.79 Å². The van der Waals surface area contributed by atoms with Gasteiger partial charge in [-0.15, -0.1) is 0 Å². The molecular weight excluding hydrogens is 222 g/mol. The van der Waals surface area contributed by atoms with E-state index >= 15 is 0 Å². The molecule has 0 spiro atoms. The molecule has 0 aromatic carbocycles. The lowest BCUT2D eigenvalue weighted by Crippen LogP contribution is -2.51. The maximum atomic E-state index is 11.6. The van der Waals surface area contributed by atoms with Crippen molar-refractivity contribution in [2.24, 2.45) is 11.7 Å². The topological polar surface area (TPSA) is 43.1 Å². The molecule has 3 aliphatic rings. The summed E-state index contributed by atoms with van der Waals surface area (Å²) in [6.45, 7) is 4.23. The number of fused-ring (bicyclic) bond motifs is 3. The van der Waals surface area contributed by atoms with Gasteiger partial charge in [-0.1, -0.05) is 29.4 Å². The fourth-order valence-electron chi connectivity index (χ4n) is 3.83. The van der Waals surface area contributed by atoms with E-state index in [4.69, 9.17) is 5.73 Å². The molecule has 0 saturated heterocycles. The second-order valence-electron chi connectivity index (χ2n) is 5.71. The van der Waals surface area contributed by atoms with E-state index in [2.05, 4.69) is 26.0 Å². The van der Waals surface area contributed by atoms with Crippen LogP contribution in [-0.4, -0.2) is 11.3 Å². The van der Waals surface area contributed by atoms with Crippen LogP contribution in [0.15, 0.2) is 46.6 Å². The second kappa shape index (κ2) is 3.79. The van der Waals surface area contributed by atoms with Gasteiger partial charge in [0.15, 0.2) is 5.78 Å². The molecule has 0 aromatic rings. The van der Waals surface area contributed by atoms with Crippen LogP contribution in [0, 0.1) is 5.92 Å². The van der Waals surface area contributed by atoms with Gasteiger partial charge in [0, 0.05) is 12.3 Å². The Morgan fingerprint density at radius 1 is 1.44 bits per heavy atom. The van der Waals surface area contributed by atoms with E-state index in [1.54, 1.807) is 6.08 Å². The zero-order valence-electron chi connectivity index (χ0n) is 11.0. The van der Waals surface area contributed by atoms with Gasteiger partial charge >= 0.3 is 0 Å². The summed E-state index contributed by atoms with van der Waals surface area (Å²) in [6, 6.07) is 0. The van der Waals surface area contributed by atoms with Gasteiger partial charge in [-0.05, 0) is 43.9 Å². The molecular formula is C16H19NO. The minimum Gasteiger partial charge on any atom is -0.318 e. The van der Waals surface area contributed by atoms with Gasteiger partial charge in [0.1, 0.15) is 0 Å². The molecule has 0 aromatic heterocycles. The molecule has 0 heterocycles. The van der Waals surface area contributed by atoms with Crippen LogP contribution < -0.4 is 5.73 Å². The number of rotatable bonds is 0. The molecule has 2 nitrogen and oxygen atoms in total. The van der Waals surface area contributed by atoms with E-state index in [1.165, 1.54) is 22.3 Å². The molecule has 1 unspecified atom stereocenters. The van der Waals surface area contributed by atoms with E-state index in [9.17, 15) is 4.79 Å². The van der Waals surface area contributed by atoms with Crippen molar-refractivity contribution >= 4 is 5.78 Å². The molecule has 3 aliphatic carbocycles. The molecule has 0 radical (unpaired) electrons. The number of hydrogen-bond acceptors (Lipinski definition) is 2. The van der Waals surface area contributed by atoms with Crippen molar-refractivity contribution in [3.8, 4) is 0 Å². The second-order valence-corrected chi connectivity index (χ2v) is 5.71. The Hall–Kier alpha value is -1.41. The van der Waals surface area contributed by atoms with Crippen molar-refractivity contribution in [2.75, 3.05) is 0 Å². The highest BCUT2D eigenvalue weighted by molar-refractivity contribution is 5.94. The first kappa shape index (κ1) is 11.7. The van der Waals surface area contributed by atoms with Gasteiger partial charge in [-0.3, -0.25) is 4.79 Å².